The van der Waals surface area contributed by atoms with Crippen molar-refractivity contribution in [1.82, 2.24) is 15.3 Å². The summed E-state index contributed by atoms with van der Waals surface area (Å²) >= 11 is 0. The van der Waals surface area contributed by atoms with Crippen LogP contribution in [0.3, 0.4) is 0 Å². The number of carbonyl (C=O) groups excluding carboxylic acids is 1. The Hall–Kier alpha value is -2.70. The van der Waals surface area contributed by atoms with Crippen molar-refractivity contribution in [2.45, 2.75) is 32.2 Å². The third-order valence-electron chi connectivity index (χ3n) is 5.60. The predicted octanol–water partition coefficient (Wildman–Crippen LogP) is 2.75. The molecule has 0 saturated carbocycles. The SMILES string of the molecule is O=C(NCc1cccc(F)c1)C1CCN(c2cnc(N3CCCC3)nc2)CC1. The van der Waals surface area contributed by atoms with Crippen LogP contribution in [-0.2, 0) is 11.3 Å². The van der Waals surface area contributed by atoms with Crippen LogP contribution in [0.4, 0.5) is 16.0 Å². The molecule has 28 heavy (non-hydrogen) atoms. The molecule has 0 unspecified atom stereocenters. The van der Waals surface area contributed by atoms with Gasteiger partial charge >= 0.3 is 0 Å². The lowest BCUT2D eigenvalue weighted by molar-refractivity contribution is -0.125. The summed E-state index contributed by atoms with van der Waals surface area (Å²) < 4.78 is 13.2. The third kappa shape index (κ3) is 4.40. The number of benzene rings is 1. The summed E-state index contributed by atoms with van der Waals surface area (Å²) in [5.41, 5.74) is 1.79. The molecule has 4 rings (SSSR count). The molecule has 0 aliphatic carbocycles. The van der Waals surface area contributed by atoms with Gasteiger partial charge in [-0.05, 0) is 43.4 Å². The van der Waals surface area contributed by atoms with Crippen LogP contribution < -0.4 is 15.1 Å². The van der Waals surface area contributed by atoms with Gasteiger partial charge in [0.25, 0.3) is 0 Å². The van der Waals surface area contributed by atoms with Crippen LogP contribution in [0.15, 0.2) is 36.7 Å². The molecule has 0 bridgehead atoms. The van der Waals surface area contributed by atoms with E-state index in [-0.39, 0.29) is 17.6 Å². The van der Waals surface area contributed by atoms with E-state index in [4.69, 9.17) is 0 Å². The topological polar surface area (TPSA) is 61.4 Å². The standard InChI is InChI=1S/C21H26FN5O/c22-18-5-3-4-16(12-18)13-23-20(28)17-6-10-26(11-7-17)19-14-24-21(25-15-19)27-8-1-2-9-27/h3-5,12,14-15,17H,1-2,6-11,13H2,(H,23,28). The van der Waals surface area contributed by atoms with Gasteiger partial charge in [0, 0.05) is 38.6 Å². The fourth-order valence-electron chi connectivity index (χ4n) is 3.94. The fraction of sp³-hybridized carbons (Fsp3) is 0.476. The number of nitrogens with one attached hydrogen (secondary N) is 1. The summed E-state index contributed by atoms with van der Waals surface area (Å²) in [6, 6.07) is 6.33. The molecule has 148 valence electrons. The number of anilines is 2. The van der Waals surface area contributed by atoms with E-state index < -0.39 is 0 Å². The number of carbonyl (C=O) groups is 1. The number of aromatic nitrogens is 2. The highest BCUT2D eigenvalue weighted by Gasteiger charge is 2.25. The van der Waals surface area contributed by atoms with Crippen molar-refractivity contribution >= 4 is 17.5 Å². The van der Waals surface area contributed by atoms with E-state index in [0.717, 1.165) is 56.2 Å². The number of hydrogen-bond donors (Lipinski definition) is 1. The maximum absolute atomic E-state index is 13.2. The van der Waals surface area contributed by atoms with E-state index >= 15 is 0 Å². The molecular weight excluding hydrogens is 357 g/mol. The lowest BCUT2D eigenvalue weighted by Gasteiger charge is -2.32. The minimum atomic E-state index is -0.280. The number of halogens is 1. The van der Waals surface area contributed by atoms with E-state index in [2.05, 4.69) is 25.1 Å². The average molecular weight is 383 g/mol. The smallest absolute Gasteiger partial charge is 0.225 e. The van der Waals surface area contributed by atoms with Crippen LogP contribution >= 0.6 is 0 Å². The van der Waals surface area contributed by atoms with Gasteiger partial charge in [0.2, 0.25) is 11.9 Å². The molecule has 3 heterocycles. The van der Waals surface area contributed by atoms with Crippen molar-refractivity contribution in [1.29, 1.82) is 0 Å². The van der Waals surface area contributed by atoms with Gasteiger partial charge in [0.1, 0.15) is 5.82 Å². The maximum Gasteiger partial charge on any atom is 0.225 e. The zero-order valence-electron chi connectivity index (χ0n) is 16.0. The van der Waals surface area contributed by atoms with Gasteiger partial charge in [-0.1, -0.05) is 12.1 Å². The molecule has 2 saturated heterocycles. The van der Waals surface area contributed by atoms with E-state index in [1.165, 1.54) is 25.0 Å². The highest BCUT2D eigenvalue weighted by Crippen LogP contribution is 2.24. The van der Waals surface area contributed by atoms with Crippen molar-refractivity contribution in [3.63, 3.8) is 0 Å². The van der Waals surface area contributed by atoms with Crippen molar-refractivity contribution in [2.24, 2.45) is 5.92 Å². The molecule has 1 amide bonds. The monoisotopic (exact) mass is 383 g/mol. The first-order valence-corrected chi connectivity index (χ1v) is 10.0. The van der Waals surface area contributed by atoms with Crippen LogP contribution in [0, 0.1) is 11.7 Å². The molecule has 0 radical (unpaired) electrons. The number of amides is 1. The second-order valence-electron chi connectivity index (χ2n) is 7.54. The summed E-state index contributed by atoms with van der Waals surface area (Å²) in [6.07, 6.45) is 7.79. The Morgan fingerprint density at radius 2 is 1.79 bits per heavy atom. The summed E-state index contributed by atoms with van der Waals surface area (Å²) in [6.45, 7) is 4.06. The van der Waals surface area contributed by atoms with Crippen LogP contribution in [0.1, 0.15) is 31.2 Å². The van der Waals surface area contributed by atoms with Crippen LogP contribution in [0.25, 0.3) is 0 Å². The van der Waals surface area contributed by atoms with E-state index in [1.54, 1.807) is 6.07 Å². The number of hydrogen-bond acceptors (Lipinski definition) is 5. The molecule has 2 aromatic rings. The van der Waals surface area contributed by atoms with Crippen LogP contribution in [0.2, 0.25) is 0 Å². The third-order valence-corrected chi connectivity index (χ3v) is 5.60. The molecule has 7 heteroatoms. The highest BCUT2D eigenvalue weighted by molar-refractivity contribution is 5.79. The van der Waals surface area contributed by atoms with E-state index in [1.807, 2.05) is 18.5 Å². The zero-order chi connectivity index (χ0) is 19.3. The first-order chi connectivity index (χ1) is 13.7. The van der Waals surface area contributed by atoms with Gasteiger partial charge in [-0.25, -0.2) is 14.4 Å². The van der Waals surface area contributed by atoms with Gasteiger partial charge < -0.3 is 15.1 Å². The molecule has 2 fully saturated rings. The highest BCUT2D eigenvalue weighted by atomic mass is 19.1. The Labute approximate surface area is 164 Å². The molecule has 1 N–H and O–H groups in total. The number of rotatable bonds is 5. The summed E-state index contributed by atoms with van der Waals surface area (Å²) in [5, 5.41) is 2.93. The van der Waals surface area contributed by atoms with Crippen molar-refractivity contribution in [3.05, 3.63) is 48.0 Å². The second-order valence-corrected chi connectivity index (χ2v) is 7.54. The molecule has 2 aliphatic heterocycles. The molecule has 0 spiro atoms. The van der Waals surface area contributed by atoms with E-state index in [0.29, 0.717) is 6.54 Å². The first-order valence-electron chi connectivity index (χ1n) is 10.0. The Bertz CT molecular complexity index is 799. The van der Waals surface area contributed by atoms with Crippen LogP contribution in [-0.4, -0.2) is 42.1 Å². The Kier molecular flexibility index (Phi) is 5.69. The lowest BCUT2D eigenvalue weighted by Crippen LogP contribution is -2.40. The minimum Gasteiger partial charge on any atom is -0.369 e. The Balaban J connectivity index is 1.26. The fourth-order valence-corrected chi connectivity index (χ4v) is 3.94. The molecule has 2 aliphatic rings. The van der Waals surface area contributed by atoms with Gasteiger partial charge in [-0.3, -0.25) is 4.79 Å². The van der Waals surface area contributed by atoms with Gasteiger partial charge in [0.15, 0.2) is 0 Å². The normalized spacial score (nSPS) is 17.8. The first kappa shape index (κ1) is 18.7. The number of piperidine rings is 1. The van der Waals surface area contributed by atoms with Gasteiger partial charge in [-0.15, -0.1) is 0 Å². The predicted molar refractivity (Wildman–Crippen MR) is 107 cm³/mol. The quantitative estimate of drug-likeness (QED) is 0.860. The maximum atomic E-state index is 13.2. The summed E-state index contributed by atoms with van der Waals surface area (Å²) in [4.78, 5) is 25.9. The Morgan fingerprint density at radius 3 is 2.46 bits per heavy atom. The summed E-state index contributed by atoms with van der Waals surface area (Å²) in [5.74, 6) is 0.574. The minimum absolute atomic E-state index is 0.00500. The van der Waals surface area contributed by atoms with Crippen molar-refractivity contribution in [2.75, 3.05) is 36.0 Å². The molecule has 1 aromatic carbocycles. The molecule has 6 nitrogen and oxygen atoms in total. The molecule has 0 atom stereocenters. The van der Waals surface area contributed by atoms with Gasteiger partial charge in [-0.2, -0.15) is 0 Å². The molecular formula is C21H26FN5O. The molecule has 1 aromatic heterocycles. The number of nitrogens with zero attached hydrogens (tertiary/aromatic N) is 4. The second kappa shape index (κ2) is 8.54. The van der Waals surface area contributed by atoms with Crippen LogP contribution in [0.5, 0.6) is 0 Å². The van der Waals surface area contributed by atoms with Crippen molar-refractivity contribution in [3.8, 4) is 0 Å². The lowest BCUT2D eigenvalue weighted by atomic mass is 9.95. The Morgan fingerprint density at radius 1 is 1.07 bits per heavy atom. The van der Waals surface area contributed by atoms with Gasteiger partial charge in [0.05, 0.1) is 18.1 Å². The largest absolute Gasteiger partial charge is 0.369 e. The zero-order valence-corrected chi connectivity index (χ0v) is 16.0. The summed E-state index contributed by atoms with van der Waals surface area (Å²) in [7, 11) is 0. The average Bonchev–Trinajstić information content (AvgIpc) is 3.27. The van der Waals surface area contributed by atoms with E-state index in [9.17, 15) is 9.18 Å². The van der Waals surface area contributed by atoms with Crippen molar-refractivity contribution < 1.29 is 9.18 Å².